The van der Waals surface area contributed by atoms with Crippen LogP contribution in [0.1, 0.15) is 31.1 Å². The average Bonchev–Trinajstić information content (AvgIpc) is 3.68. The number of hydrogen-bond donors (Lipinski definition) is 0. The summed E-state index contributed by atoms with van der Waals surface area (Å²) in [6.45, 7) is 0. The Morgan fingerprint density at radius 1 is 0.327 bits per heavy atom. The van der Waals surface area contributed by atoms with Crippen LogP contribution in [0.15, 0.2) is 127 Å². The summed E-state index contributed by atoms with van der Waals surface area (Å²) in [6.07, 6.45) is 0. The second kappa shape index (κ2) is 12.3. The smallest absolute Gasteiger partial charge is 0.299 e. The standard InChI is InChI=1S/C45H30N4O6/c1-46-37-19-10-28(22-34(37)40(50)43(46)53)25-4-13-31(14-5-25)49(32-15-6-26(7-16-32)29-11-20-38-35(23-29)41(51)44(54)47(38)2)33-17-8-27(9-18-33)30-12-21-39-36(24-30)42(52)45(55)48(39)3/h4-24H,1-3H3. The molecule has 0 aliphatic carbocycles. The lowest BCUT2D eigenvalue weighted by atomic mass is 9.99. The van der Waals surface area contributed by atoms with Crippen LogP contribution in [0, 0.1) is 0 Å². The maximum atomic E-state index is 12.6. The van der Waals surface area contributed by atoms with Crippen LogP contribution in [-0.4, -0.2) is 56.2 Å². The zero-order chi connectivity index (χ0) is 38.3. The van der Waals surface area contributed by atoms with E-state index in [4.69, 9.17) is 0 Å². The number of ketones is 3. The van der Waals surface area contributed by atoms with E-state index in [1.807, 2.05) is 91.0 Å². The number of Topliss-reactive ketones (excluding diaryl/α,β-unsaturated/α-hetero) is 3. The number of hydrogen-bond acceptors (Lipinski definition) is 7. The second-order valence-electron chi connectivity index (χ2n) is 13.8. The number of anilines is 6. The van der Waals surface area contributed by atoms with Gasteiger partial charge in [0.15, 0.2) is 0 Å². The Bertz CT molecular complexity index is 2400. The molecule has 10 heteroatoms. The third kappa shape index (κ3) is 5.18. The van der Waals surface area contributed by atoms with Gasteiger partial charge in [0.2, 0.25) is 0 Å². The van der Waals surface area contributed by atoms with E-state index in [9.17, 15) is 28.8 Å². The van der Waals surface area contributed by atoms with Crippen LogP contribution >= 0.6 is 0 Å². The number of rotatable bonds is 6. The van der Waals surface area contributed by atoms with Crippen molar-refractivity contribution in [3.63, 3.8) is 0 Å². The van der Waals surface area contributed by atoms with Gasteiger partial charge >= 0.3 is 0 Å². The van der Waals surface area contributed by atoms with Crippen molar-refractivity contribution in [3.05, 3.63) is 144 Å². The van der Waals surface area contributed by atoms with Crippen LogP contribution < -0.4 is 19.6 Å². The molecule has 6 aromatic rings. The van der Waals surface area contributed by atoms with Gasteiger partial charge in [-0.1, -0.05) is 54.6 Å². The summed E-state index contributed by atoms with van der Waals surface area (Å²) in [6, 6.07) is 40.1. The van der Waals surface area contributed by atoms with Gasteiger partial charge in [-0.3, -0.25) is 28.8 Å². The molecule has 3 aliphatic heterocycles. The molecule has 0 spiro atoms. The lowest BCUT2D eigenvalue weighted by Gasteiger charge is -2.26. The number of carbonyl (C=O) groups excluding carboxylic acids is 6. The molecule has 6 aromatic carbocycles. The van der Waals surface area contributed by atoms with E-state index in [1.165, 1.54) is 14.7 Å². The zero-order valence-electron chi connectivity index (χ0n) is 29.9. The van der Waals surface area contributed by atoms with Crippen molar-refractivity contribution in [2.75, 3.05) is 40.7 Å². The molecule has 0 saturated heterocycles. The molecule has 0 aromatic heterocycles. The Morgan fingerprint density at radius 3 is 0.818 bits per heavy atom. The highest BCUT2D eigenvalue weighted by molar-refractivity contribution is 6.53. The molecule has 0 atom stereocenters. The van der Waals surface area contributed by atoms with E-state index < -0.39 is 35.1 Å². The van der Waals surface area contributed by atoms with Crippen LogP contribution in [0.2, 0.25) is 0 Å². The van der Waals surface area contributed by atoms with Crippen molar-refractivity contribution in [2.24, 2.45) is 0 Å². The van der Waals surface area contributed by atoms with E-state index >= 15 is 0 Å². The molecule has 3 aliphatic rings. The molecular weight excluding hydrogens is 693 g/mol. The minimum absolute atomic E-state index is 0.383. The van der Waals surface area contributed by atoms with Gasteiger partial charge in [0.1, 0.15) is 0 Å². The molecule has 0 bridgehead atoms. The maximum Gasteiger partial charge on any atom is 0.299 e. The highest BCUT2D eigenvalue weighted by atomic mass is 16.2. The third-order valence-electron chi connectivity index (χ3n) is 10.7. The highest BCUT2D eigenvalue weighted by Crippen LogP contribution is 2.40. The summed E-state index contributed by atoms with van der Waals surface area (Å²) in [5.74, 6) is -3.20. The van der Waals surface area contributed by atoms with E-state index in [1.54, 1.807) is 57.5 Å². The van der Waals surface area contributed by atoms with Crippen molar-refractivity contribution >= 4 is 69.2 Å². The van der Waals surface area contributed by atoms with Crippen LogP contribution in [0.25, 0.3) is 33.4 Å². The SMILES string of the molecule is CN1C(=O)C(=O)c2cc(-c3ccc(N(c4ccc(-c5ccc6c(c5)C(=O)C(=O)N6C)cc4)c4ccc(-c5ccc6c(c5)C(=O)C(=O)N6C)cc4)cc3)ccc21. The summed E-state index contributed by atoms with van der Waals surface area (Å²) in [4.78, 5) is 80.8. The van der Waals surface area contributed by atoms with E-state index in [-0.39, 0.29) is 0 Å². The van der Waals surface area contributed by atoms with Gasteiger partial charge in [-0.05, 0) is 106 Å². The summed E-state index contributed by atoms with van der Waals surface area (Å²) in [5.41, 5.74) is 10.5. The number of likely N-dealkylation sites (N-methyl/N-ethyl adjacent to an activating group) is 3. The quantitative estimate of drug-likeness (QED) is 0.162. The van der Waals surface area contributed by atoms with Gasteiger partial charge in [0.25, 0.3) is 35.1 Å². The lowest BCUT2D eigenvalue weighted by Crippen LogP contribution is -2.24. The number of nitrogens with zero attached hydrogens (tertiary/aromatic N) is 4. The summed E-state index contributed by atoms with van der Waals surface area (Å²) >= 11 is 0. The van der Waals surface area contributed by atoms with Crippen LogP contribution in [0.5, 0.6) is 0 Å². The summed E-state index contributed by atoms with van der Waals surface area (Å²) in [5, 5.41) is 0. The van der Waals surface area contributed by atoms with E-state index in [0.29, 0.717) is 33.8 Å². The molecular formula is C45H30N4O6. The molecule has 3 amide bonds. The molecule has 266 valence electrons. The molecule has 10 nitrogen and oxygen atoms in total. The van der Waals surface area contributed by atoms with Crippen molar-refractivity contribution in [1.29, 1.82) is 0 Å². The highest BCUT2D eigenvalue weighted by Gasteiger charge is 2.35. The molecule has 9 rings (SSSR count). The van der Waals surface area contributed by atoms with Crippen molar-refractivity contribution in [2.45, 2.75) is 0 Å². The molecule has 0 N–H and O–H groups in total. The Hall–Kier alpha value is -7.46. The van der Waals surface area contributed by atoms with Crippen molar-refractivity contribution in [3.8, 4) is 33.4 Å². The van der Waals surface area contributed by atoms with E-state index in [0.717, 1.165) is 50.4 Å². The third-order valence-corrected chi connectivity index (χ3v) is 10.7. The van der Waals surface area contributed by atoms with Crippen molar-refractivity contribution < 1.29 is 28.8 Å². The van der Waals surface area contributed by atoms with Crippen molar-refractivity contribution in [1.82, 2.24) is 0 Å². The molecule has 0 unspecified atom stereocenters. The fraction of sp³-hybridized carbons (Fsp3) is 0.0667. The minimum Gasteiger partial charge on any atom is -0.311 e. The number of amides is 3. The molecule has 3 heterocycles. The Morgan fingerprint density at radius 2 is 0.564 bits per heavy atom. The fourth-order valence-corrected chi connectivity index (χ4v) is 7.56. The second-order valence-corrected chi connectivity index (χ2v) is 13.8. The normalized spacial score (nSPS) is 14.6. The number of benzene rings is 6. The molecule has 0 fully saturated rings. The van der Waals surface area contributed by atoms with Gasteiger partial charge in [0, 0.05) is 38.2 Å². The fourth-order valence-electron chi connectivity index (χ4n) is 7.56. The predicted octanol–water partition coefficient (Wildman–Crippen LogP) is 7.63. The molecule has 55 heavy (non-hydrogen) atoms. The predicted molar refractivity (Wildman–Crippen MR) is 211 cm³/mol. The Kier molecular flexibility index (Phi) is 7.47. The molecule has 0 radical (unpaired) electrons. The summed E-state index contributed by atoms with van der Waals surface area (Å²) < 4.78 is 0. The van der Waals surface area contributed by atoms with Gasteiger partial charge in [-0.15, -0.1) is 0 Å². The number of fused-ring (bicyclic) bond motifs is 3. The minimum atomic E-state index is -0.546. The topological polar surface area (TPSA) is 115 Å². The Balaban J connectivity index is 1.07. The summed E-state index contributed by atoms with van der Waals surface area (Å²) in [7, 11) is 4.78. The largest absolute Gasteiger partial charge is 0.311 e. The molecule has 0 saturated carbocycles. The van der Waals surface area contributed by atoms with Gasteiger partial charge in [0.05, 0.1) is 33.8 Å². The van der Waals surface area contributed by atoms with E-state index in [2.05, 4.69) is 4.90 Å². The first-order chi connectivity index (χ1) is 26.5. The lowest BCUT2D eigenvalue weighted by molar-refractivity contribution is -0.114. The van der Waals surface area contributed by atoms with Gasteiger partial charge in [-0.2, -0.15) is 0 Å². The number of carbonyl (C=O) groups is 6. The van der Waals surface area contributed by atoms with Gasteiger partial charge < -0.3 is 19.6 Å². The zero-order valence-corrected chi connectivity index (χ0v) is 29.9. The Labute approximate surface area is 315 Å². The van der Waals surface area contributed by atoms with Crippen LogP contribution in [0.3, 0.4) is 0 Å². The monoisotopic (exact) mass is 722 g/mol. The first kappa shape index (κ1) is 33.4. The maximum absolute atomic E-state index is 12.6. The first-order valence-electron chi connectivity index (χ1n) is 17.5. The van der Waals surface area contributed by atoms with Crippen LogP contribution in [-0.2, 0) is 14.4 Å². The van der Waals surface area contributed by atoms with Gasteiger partial charge in [-0.25, -0.2) is 0 Å². The van der Waals surface area contributed by atoms with Crippen LogP contribution in [0.4, 0.5) is 34.1 Å². The first-order valence-corrected chi connectivity index (χ1v) is 17.5. The average molecular weight is 723 g/mol.